The van der Waals surface area contributed by atoms with E-state index in [0.29, 0.717) is 19.4 Å². The topological polar surface area (TPSA) is 61.8 Å². The molecule has 0 aromatic heterocycles. The first kappa shape index (κ1) is 25.3. The number of rotatable bonds is 10. The van der Waals surface area contributed by atoms with E-state index < -0.39 is 13.7 Å². The molecule has 154 valence electrons. The maximum absolute atomic E-state index is 11.9. The molecule has 26 heavy (non-hydrogen) atoms. The number of carbonyl (C=O) groups excluding carboxylic acids is 2. The molecule has 0 heterocycles. The molecule has 0 N–H and O–H groups in total. The maximum atomic E-state index is 11.9. The molecule has 0 unspecified atom stereocenters. The van der Waals surface area contributed by atoms with Gasteiger partial charge in [0.15, 0.2) is 8.32 Å². The van der Waals surface area contributed by atoms with Crippen molar-refractivity contribution in [2.24, 2.45) is 11.3 Å². The second-order valence-electron chi connectivity index (χ2n) is 9.63. The van der Waals surface area contributed by atoms with Gasteiger partial charge in [-0.3, -0.25) is 4.79 Å². The van der Waals surface area contributed by atoms with Gasteiger partial charge in [-0.15, -0.1) is 0 Å². The number of esters is 1. The molecule has 0 radical (unpaired) electrons. The van der Waals surface area contributed by atoms with Gasteiger partial charge in [-0.1, -0.05) is 27.7 Å². The standard InChI is InChI=1S/C20H40O5Si/c1-15(16(23-8)12-14-24-18(22)19(2,3)4)17(11-13-21)25-26(9,10)20(5,6)7/h13,15-17H,11-12,14H2,1-10H3/t15-,16+,17+/m1/s1. The van der Waals surface area contributed by atoms with E-state index in [4.69, 9.17) is 13.9 Å². The summed E-state index contributed by atoms with van der Waals surface area (Å²) in [6, 6.07) is 0. The zero-order chi connectivity index (χ0) is 20.8. The van der Waals surface area contributed by atoms with Crippen molar-refractivity contribution in [3.63, 3.8) is 0 Å². The third kappa shape index (κ3) is 7.88. The minimum absolute atomic E-state index is 0.0210. The Balaban J connectivity index is 4.98. The number of methoxy groups -OCH3 is 1. The lowest BCUT2D eigenvalue weighted by atomic mass is 9.94. The van der Waals surface area contributed by atoms with Gasteiger partial charge in [0.1, 0.15) is 6.29 Å². The highest BCUT2D eigenvalue weighted by Gasteiger charge is 2.41. The van der Waals surface area contributed by atoms with Gasteiger partial charge >= 0.3 is 5.97 Å². The summed E-state index contributed by atoms with van der Waals surface area (Å²) in [5, 5.41) is 0.0681. The fourth-order valence-electron chi connectivity index (χ4n) is 2.34. The minimum atomic E-state index is -2.00. The first-order valence-electron chi connectivity index (χ1n) is 9.49. The van der Waals surface area contributed by atoms with Crippen LogP contribution in [-0.2, 0) is 23.5 Å². The Bertz CT molecular complexity index is 448. The monoisotopic (exact) mass is 388 g/mol. The Kier molecular flexibility index (Phi) is 9.72. The van der Waals surface area contributed by atoms with Crippen molar-refractivity contribution in [2.45, 2.75) is 91.6 Å². The van der Waals surface area contributed by atoms with Crippen LogP contribution in [0.15, 0.2) is 0 Å². The third-order valence-corrected chi connectivity index (χ3v) is 9.81. The summed E-state index contributed by atoms with van der Waals surface area (Å²) in [6.45, 7) is 18.8. The van der Waals surface area contributed by atoms with Crippen LogP contribution in [0.5, 0.6) is 0 Å². The predicted octanol–water partition coefficient (Wildman–Crippen LogP) is 4.60. The van der Waals surface area contributed by atoms with E-state index >= 15 is 0 Å². The van der Waals surface area contributed by atoms with Crippen LogP contribution in [0.25, 0.3) is 0 Å². The number of hydrogen-bond acceptors (Lipinski definition) is 5. The molecule has 0 amide bonds. The fraction of sp³-hybridized carbons (Fsp3) is 0.900. The molecule has 0 saturated carbocycles. The van der Waals surface area contributed by atoms with Crippen LogP contribution in [0.4, 0.5) is 0 Å². The number of hydrogen-bond donors (Lipinski definition) is 0. The second kappa shape index (κ2) is 9.99. The Labute approximate surface area is 161 Å². The molecular weight excluding hydrogens is 348 g/mol. The van der Waals surface area contributed by atoms with E-state index in [1.54, 1.807) is 7.11 Å². The lowest BCUT2D eigenvalue weighted by Crippen LogP contribution is -2.47. The van der Waals surface area contributed by atoms with Crippen molar-refractivity contribution in [1.82, 2.24) is 0 Å². The van der Waals surface area contributed by atoms with Gasteiger partial charge in [-0.25, -0.2) is 0 Å². The zero-order valence-corrected chi connectivity index (χ0v) is 19.5. The van der Waals surface area contributed by atoms with Gasteiger partial charge in [0.05, 0.1) is 24.2 Å². The van der Waals surface area contributed by atoms with Crippen LogP contribution in [0.3, 0.4) is 0 Å². The lowest BCUT2D eigenvalue weighted by Gasteiger charge is -2.41. The molecule has 0 aliphatic heterocycles. The molecule has 0 aliphatic carbocycles. The fourth-order valence-corrected chi connectivity index (χ4v) is 3.76. The van der Waals surface area contributed by atoms with Gasteiger partial charge < -0.3 is 18.7 Å². The normalized spacial score (nSPS) is 16.7. The average molecular weight is 389 g/mol. The molecule has 0 aromatic carbocycles. The summed E-state index contributed by atoms with van der Waals surface area (Å²) in [5.41, 5.74) is -0.514. The predicted molar refractivity (Wildman–Crippen MR) is 108 cm³/mol. The Morgan fingerprint density at radius 3 is 2.00 bits per heavy atom. The average Bonchev–Trinajstić information content (AvgIpc) is 2.48. The summed E-state index contributed by atoms with van der Waals surface area (Å²) in [6.07, 6.45) is 1.50. The Hall–Kier alpha value is -0.723. The van der Waals surface area contributed by atoms with E-state index in [1.807, 2.05) is 27.7 Å². The molecule has 6 heteroatoms. The quantitative estimate of drug-likeness (QED) is 0.311. The Morgan fingerprint density at radius 2 is 1.62 bits per heavy atom. The number of aldehydes is 1. The lowest BCUT2D eigenvalue weighted by molar-refractivity contribution is -0.154. The van der Waals surface area contributed by atoms with Crippen molar-refractivity contribution in [2.75, 3.05) is 13.7 Å². The van der Waals surface area contributed by atoms with Crippen molar-refractivity contribution >= 4 is 20.6 Å². The van der Waals surface area contributed by atoms with Crippen LogP contribution in [0.1, 0.15) is 61.3 Å². The summed E-state index contributed by atoms with van der Waals surface area (Å²) in [4.78, 5) is 23.1. The molecule has 0 rings (SSSR count). The Morgan fingerprint density at radius 1 is 1.08 bits per heavy atom. The highest BCUT2D eigenvalue weighted by molar-refractivity contribution is 6.74. The molecule has 0 saturated heterocycles. The van der Waals surface area contributed by atoms with Crippen molar-refractivity contribution < 1.29 is 23.5 Å². The minimum Gasteiger partial charge on any atom is -0.465 e. The van der Waals surface area contributed by atoms with E-state index in [0.717, 1.165) is 6.29 Å². The van der Waals surface area contributed by atoms with Gasteiger partial charge in [0.25, 0.3) is 0 Å². The molecular formula is C20H40O5Si. The maximum Gasteiger partial charge on any atom is 0.311 e. The highest BCUT2D eigenvalue weighted by Crippen LogP contribution is 2.39. The van der Waals surface area contributed by atoms with E-state index in [-0.39, 0.29) is 29.1 Å². The van der Waals surface area contributed by atoms with Crippen LogP contribution < -0.4 is 0 Å². The van der Waals surface area contributed by atoms with Crippen LogP contribution in [0, 0.1) is 11.3 Å². The van der Waals surface area contributed by atoms with Crippen molar-refractivity contribution in [1.29, 1.82) is 0 Å². The van der Waals surface area contributed by atoms with Gasteiger partial charge in [0.2, 0.25) is 0 Å². The van der Waals surface area contributed by atoms with E-state index in [2.05, 4.69) is 33.9 Å². The first-order chi connectivity index (χ1) is 11.7. The first-order valence-corrected chi connectivity index (χ1v) is 12.4. The largest absolute Gasteiger partial charge is 0.465 e. The molecule has 0 aliphatic rings. The summed E-state index contributed by atoms with van der Waals surface area (Å²) in [7, 11) is -0.351. The molecule has 5 nitrogen and oxygen atoms in total. The zero-order valence-electron chi connectivity index (χ0n) is 18.5. The van der Waals surface area contributed by atoms with Crippen molar-refractivity contribution in [3.05, 3.63) is 0 Å². The van der Waals surface area contributed by atoms with E-state index in [1.165, 1.54) is 0 Å². The molecule has 3 atom stereocenters. The van der Waals surface area contributed by atoms with Crippen LogP contribution in [0.2, 0.25) is 18.1 Å². The summed E-state index contributed by atoms with van der Waals surface area (Å²) in [5.74, 6) is -0.199. The van der Waals surface area contributed by atoms with Crippen LogP contribution in [-0.4, -0.2) is 46.5 Å². The van der Waals surface area contributed by atoms with Gasteiger partial charge in [-0.05, 0) is 38.9 Å². The summed E-state index contributed by atoms with van der Waals surface area (Å²) >= 11 is 0. The van der Waals surface area contributed by atoms with Crippen LogP contribution >= 0.6 is 0 Å². The highest BCUT2D eigenvalue weighted by atomic mass is 28.4. The van der Waals surface area contributed by atoms with Crippen molar-refractivity contribution in [3.8, 4) is 0 Å². The van der Waals surface area contributed by atoms with Gasteiger partial charge in [-0.2, -0.15) is 0 Å². The SMILES string of the molecule is CO[C@@H](CCOC(=O)C(C)(C)C)[C@@H](C)[C@H](CC=O)O[Si](C)(C)C(C)(C)C. The second-order valence-corrected chi connectivity index (χ2v) is 14.4. The number of carbonyl (C=O) groups is 2. The number of ether oxygens (including phenoxy) is 2. The molecule has 0 spiro atoms. The van der Waals surface area contributed by atoms with Gasteiger partial charge in [0, 0.05) is 25.9 Å². The smallest absolute Gasteiger partial charge is 0.311 e. The van der Waals surface area contributed by atoms with E-state index in [9.17, 15) is 9.59 Å². The molecule has 0 aromatic rings. The molecule has 0 fully saturated rings. The molecule has 0 bridgehead atoms. The third-order valence-electron chi connectivity index (χ3n) is 5.30. The summed E-state index contributed by atoms with van der Waals surface area (Å²) < 4.78 is 17.5.